The van der Waals surface area contributed by atoms with Crippen molar-refractivity contribution in [1.82, 2.24) is 19.8 Å². The summed E-state index contributed by atoms with van der Waals surface area (Å²) < 4.78 is 8.84. The lowest BCUT2D eigenvalue weighted by molar-refractivity contribution is -0.921. The van der Waals surface area contributed by atoms with Crippen molar-refractivity contribution in [3.63, 3.8) is 0 Å². The number of hydrogen-bond acceptors (Lipinski definition) is 6. The van der Waals surface area contributed by atoms with Crippen LogP contribution < -0.4 is 4.90 Å². The van der Waals surface area contributed by atoms with Crippen molar-refractivity contribution in [2.75, 3.05) is 26.0 Å². The Morgan fingerprint density at radius 1 is 1.36 bits per heavy atom. The predicted octanol–water partition coefficient (Wildman–Crippen LogP) is 0.546. The maximum atomic E-state index is 11.8. The lowest BCUT2D eigenvalue weighted by atomic mass is 10.1. The number of hydrogen-bond donors (Lipinski definition) is 1. The molecule has 1 aliphatic heterocycles. The van der Waals surface area contributed by atoms with E-state index in [4.69, 9.17) is 17.0 Å². The van der Waals surface area contributed by atoms with Gasteiger partial charge < -0.3 is 9.64 Å². The number of aryl methyl sites for hydroxylation is 2. The summed E-state index contributed by atoms with van der Waals surface area (Å²) in [6.07, 6.45) is 0. The lowest BCUT2D eigenvalue weighted by Crippen LogP contribution is -3.14. The van der Waals surface area contributed by atoms with E-state index in [9.17, 15) is 4.79 Å². The number of carbonyl (C=O) groups is 1. The number of esters is 1. The first kappa shape index (κ1) is 18.1. The van der Waals surface area contributed by atoms with E-state index in [0.717, 1.165) is 29.1 Å². The predicted molar refractivity (Wildman–Crippen MR) is 98.6 cm³/mol. The van der Waals surface area contributed by atoms with Gasteiger partial charge in [-0.1, -0.05) is 6.07 Å². The van der Waals surface area contributed by atoms with Crippen LogP contribution in [0.25, 0.3) is 5.69 Å². The largest absolute Gasteiger partial charge is 0.468 e. The normalized spacial score (nSPS) is 20.4. The van der Waals surface area contributed by atoms with Crippen LogP contribution in [0.3, 0.4) is 0 Å². The Morgan fingerprint density at radius 2 is 2.08 bits per heavy atom. The number of methoxy groups -OCH3 is 1. The van der Waals surface area contributed by atoms with Crippen molar-refractivity contribution in [1.29, 1.82) is 0 Å². The number of tetrazole rings is 1. The molecule has 2 aromatic rings. The smallest absolute Gasteiger partial charge is 0.324 e. The summed E-state index contributed by atoms with van der Waals surface area (Å²) in [4.78, 5) is 13.0. The number of aromatic nitrogens is 4. The number of rotatable bonds is 4. The standard InChI is InChI=1S/C16H21N5O2S2/c1-11-6-12(2)8-13(7-11)21-16(24)20(17-18-21)10-19-4-5-25-14(9-19)15(22)23-3/h6-8,14H,4-5,9-10H2,1-3H3/p+1/t14-/m1/s1. The van der Waals surface area contributed by atoms with Gasteiger partial charge in [-0.2, -0.15) is 9.36 Å². The Hall–Kier alpha value is -1.71. The van der Waals surface area contributed by atoms with Gasteiger partial charge in [0.05, 0.1) is 19.3 Å². The van der Waals surface area contributed by atoms with Crippen LogP contribution in [0.2, 0.25) is 0 Å². The van der Waals surface area contributed by atoms with Crippen molar-refractivity contribution in [2.24, 2.45) is 0 Å². The Bertz CT molecular complexity index is 812. The van der Waals surface area contributed by atoms with Crippen LogP contribution in [0.1, 0.15) is 11.1 Å². The second-order valence-electron chi connectivity index (χ2n) is 6.26. The van der Waals surface area contributed by atoms with Gasteiger partial charge in [-0.05, 0) is 59.8 Å². The molecule has 3 rings (SSSR count). The summed E-state index contributed by atoms with van der Waals surface area (Å²) in [6.45, 7) is 6.35. The molecule has 2 atom stereocenters. The molecule has 2 heterocycles. The number of quaternary nitrogens is 1. The van der Waals surface area contributed by atoms with Gasteiger partial charge in [0.2, 0.25) is 4.77 Å². The van der Waals surface area contributed by atoms with Crippen LogP contribution in [-0.4, -0.2) is 57.0 Å². The first-order valence-electron chi connectivity index (χ1n) is 8.12. The summed E-state index contributed by atoms with van der Waals surface area (Å²) in [5.41, 5.74) is 3.24. The third-order valence-electron chi connectivity index (χ3n) is 4.18. The fourth-order valence-electron chi connectivity index (χ4n) is 3.02. The van der Waals surface area contributed by atoms with E-state index in [2.05, 4.69) is 16.5 Å². The molecule has 25 heavy (non-hydrogen) atoms. The summed E-state index contributed by atoms with van der Waals surface area (Å²) in [6, 6.07) is 6.19. The zero-order valence-electron chi connectivity index (χ0n) is 14.6. The molecule has 0 radical (unpaired) electrons. The number of nitrogens with zero attached hydrogens (tertiary/aromatic N) is 4. The van der Waals surface area contributed by atoms with Crippen molar-refractivity contribution in [3.05, 3.63) is 34.1 Å². The number of ether oxygens (including phenoxy) is 1. The molecule has 134 valence electrons. The number of thioether (sulfide) groups is 1. The highest BCUT2D eigenvalue weighted by Gasteiger charge is 2.30. The molecule has 0 aliphatic carbocycles. The molecule has 1 fully saturated rings. The molecule has 7 nitrogen and oxygen atoms in total. The Kier molecular flexibility index (Phi) is 5.55. The maximum Gasteiger partial charge on any atom is 0.324 e. The van der Waals surface area contributed by atoms with Gasteiger partial charge in [0.1, 0.15) is 6.54 Å². The van der Waals surface area contributed by atoms with Crippen LogP contribution in [-0.2, 0) is 16.2 Å². The molecule has 1 aromatic carbocycles. The lowest BCUT2D eigenvalue weighted by Gasteiger charge is -2.27. The molecule has 9 heteroatoms. The van der Waals surface area contributed by atoms with Crippen LogP contribution in [0, 0.1) is 18.6 Å². The van der Waals surface area contributed by atoms with E-state index in [-0.39, 0.29) is 11.2 Å². The highest BCUT2D eigenvalue weighted by Crippen LogP contribution is 2.14. The van der Waals surface area contributed by atoms with Crippen LogP contribution in [0.15, 0.2) is 18.2 Å². The molecule has 0 saturated carbocycles. The minimum Gasteiger partial charge on any atom is -0.468 e. The Morgan fingerprint density at radius 3 is 2.76 bits per heavy atom. The van der Waals surface area contributed by atoms with Gasteiger partial charge >= 0.3 is 5.97 Å². The zero-order chi connectivity index (χ0) is 18.0. The van der Waals surface area contributed by atoms with Crippen molar-refractivity contribution < 1.29 is 14.4 Å². The summed E-state index contributed by atoms with van der Waals surface area (Å²) in [5.74, 6) is 0.748. The summed E-state index contributed by atoms with van der Waals surface area (Å²) >= 11 is 7.20. The van der Waals surface area contributed by atoms with E-state index in [0.29, 0.717) is 18.0 Å². The molecule has 1 aliphatic rings. The van der Waals surface area contributed by atoms with E-state index in [1.54, 1.807) is 21.1 Å². The molecule has 0 spiro atoms. The maximum absolute atomic E-state index is 11.8. The van der Waals surface area contributed by atoms with E-state index >= 15 is 0 Å². The topological polar surface area (TPSA) is 66.4 Å². The van der Waals surface area contributed by atoms with Gasteiger partial charge in [-0.15, -0.1) is 11.8 Å². The monoisotopic (exact) mass is 380 g/mol. The van der Waals surface area contributed by atoms with Gasteiger partial charge in [0.25, 0.3) is 0 Å². The highest BCUT2D eigenvalue weighted by atomic mass is 32.2. The number of carbonyl (C=O) groups excluding carboxylic acids is 1. The highest BCUT2D eigenvalue weighted by molar-refractivity contribution is 8.00. The average molecular weight is 381 g/mol. The number of nitrogens with one attached hydrogen (secondary N) is 1. The third kappa shape index (κ3) is 4.10. The molecule has 1 saturated heterocycles. The van der Waals surface area contributed by atoms with Gasteiger partial charge in [0.15, 0.2) is 11.9 Å². The van der Waals surface area contributed by atoms with Gasteiger partial charge in [-0.3, -0.25) is 4.79 Å². The van der Waals surface area contributed by atoms with Crippen LogP contribution >= 0.6 is 24.0 Å². The quantitative estimate of drug-likeness (QED) is 0.617. The van der Waals surface area contributed by atoms with Gasteiger partial charge in [0, 0.05) is 5.75 Å². The Balaban J connectivity index is 1.77. The minimum atomic E-state index is -0.162. The van der Waals surface area contributed by atoms with Crippen molar-refractivity contribution >= 4 is 29.9 Å². The van der Waals surface area contributed by atoms with E-state index < -0.39 is 0 Å². The molecule has 1 N–H and O–H groups in total. The second kappa shape index (κ2) is 7.67. The van der Waals surface area contributed by atoms with Crippen molar-refractivity contribution in [3.8, 4) is 5.69 Å². The third-order valence-corrected chi connectivity index (χ3v) is 5.76. The molecule has 1 unspecified atom stereocenters. The Labute approximate surface area is 155 Å². The SMILES string of the molecule is COC(=O)[C@H]1C[NH+](Cn2nnn(-c3cc(C)cc(C)c3)c2=S)CCS1. The fourth-order valence-corrected chi connectivity index (χ4v) is 4.54. The van der Waals surface area contributed by atoms with E-state index in [1.807, 2.05) is 26.0 Å². The summed E-state index contributed by atoms with van der Waals surface area (Å²) in [5, 5.41) is 8.31. The molecule has 0 amide bonds. The average Bonchev–Trinajstić information content (AvgIpc) is 2.94. The molecule has 1 aromatic heterocycles. The number of benzene rings is 1. The fraction of sp³-hybridized carbons (Fsp3) is 0.500. The summed E-state index contributed by atoms with van der Waals surface area (Å²) in [7, 11) is 1.43. The minimum absolute atomic E-state index is 0.127. The molecular formula is C16H22N5O2S2+. The van der Waals surface area contributed by atoms with Crippen LogP contribution in [0.4, 0.5) is 0 Å². The van der Waals surface area contributed by atoms with Crippen LogP contribution in [0.5, 0.6) is 0 Å². The first-order valence-corrected chi connectivity index (χ1v) is 9.58. The second-order valence-corrected chi connectivity index (χ2v) is 7.94. The van der Waals surface area contributed by atoms with Gasteiger partial charge in [-0.25, -0.2) is 0 Å². The van der Waals surface area contributed by atoms with E-state index in [1.165, 1.54) is 12.0 Å². The van der Waals surface area contributed by atoms with Crippen molar-refractivity contribution in [2.45, 2.75) is 25.8 Å². The first-order chi connectivity index (χ1) is 12.0. The zero-order valence-corrected chi connectivity index (χ0v) is 16.2. The molecular weight excluding hydrogens is 358 g/mol. The molecule has 0 bridgehead atoms.